The first-order valence-electron chi connectivity index (χ1n) is 8.20. The number of carbonyl (C=O) groups is 4. The molecule has 2 rings (SSSR count). The summed E-state index contributed by atoms with van der Waals surface area (Å²) < 4.78 is 9.64. The molecule has 0 aliphatic rings. The summed E-state index contributed by atoms with van der Waals surface area (Å²) in [5.74, 6) is -5.62. The molecule has 2 aromatic carbocycles. The second kappa shape index (κ2) is 10.00. The van der Waals surface area contributed by atoms with Crippen LogP contribution in [0.5, 0.6) is 0 Å². The average molecular weight is 404 g/mol. The lowest BCUT2D eigenvalue weighted by atomic mass is 10.1. The summed E-state index contributed by atoms with van der Waals surface area (Å²) in [6.45, 7) is 3.58. The van der Waals surface area contributed by atoms with Gasteiger partial charge < -0.3 is 25.2 Å². The minimum absolute atomic E-state index is 0. The molecule has 2 unspecified atom stereocenters. The Balaban J connectivity index is 0.00000420. The highest BCUT2D eigenvalue weighted by molar-refractivity contribution is 5.95. The molecule has 2 atom stereocenters. The minimum atomic E-state index is -2.22. The number of rotatable bonds is 7. The van der Waals surface area contributed by atoms with Crippen molar-refractivity contribution in [3.8, 4) is 0 Å². The van der Waals surface area contributed by atoms with E-state index >= 15 is 0 Å². The summed E-state index contributed by atoms with van der Waals surface area (Å²) in [7, 11) is 0. The van der Waals surface area contributed by atoms with Gasteiger partial charge in [-0.05, 0) is 38.1 Å². The Morgan fingerprint density at radius 2 is 0.931 bits per heavy atom. The van der Waals surface area contributed by atoms with E-state index in [2.05, 4.69) is 0 Å². The van der Waals surface area contributed by atoms with E-state index in [4.69, 9.17) is 9.47 Å². The van der Waals surface area contributed by atoms with Crippen molar-refractivity contribution in [2.75, 3.05) is 0 Å². The van der Waals surface area contributed by atoms with Crippen LogP contribution in [-0.2, 0) is 19.1 Å². The van der Waals surface area contributed by atoms with Crippen molar-refractivity contribution >= 4 is 23.9 Å². The van der Waals surface area contributed by atoms with Crippen molar-refractivity contribution in [2.24, 2.45) is 0 Å². The molecular weight excluding hydrogens is 384 g/mol. The zero-order valence-electron chi connectivity index (χ0n) is 15.6. The lowest BCUT2D eigenvalue weighted by Crippen LogP contribution is -2.45. The molecule has 0 amide bonds. The first-order valence-corrected chi connectivity index (χ1v) is 8.20. The molecule has 0 radical (unpaired) electrons. The number of esters is 2. The van der Waals surface area contributed by atoms with Gasteiger partial charge in [0, 0.05) is 0 Å². The van der Waals surface area contributed by atoms with Gasteiger partial charge in [0.25, 0.3) is 0 Å². The van der Waals surface area contributed by atoms with Gasteiger partial charge in [-0.3, -0.25) is 0 Å². The van der Waals surface area contributed by atoms with Crippen LogP contribution in [-0.4, -0.2) is 51.8 Å². The number of ether oxygens (including phenoxy) is 2. The van der Waals surface area contributed by atoms with Gasteiger partial charge in [-0.2, -0.15) is 0 Å². The first kappa shape index (κ1) is 23.3. The van der Waals surface area contributed by atoms with Gasteiger partial charge in [0.15, 0.2) is 0 Å². The summed E-state index contributed by atoms with van der Waals surface area (Å²) in [5, 5.41) is 18.6. The number of hydrogen-bond acceptors (Lipinski definition) is 6. The van der Waals surface area contributed by atoms with Gasteiger partial charge in [-0.15, -0.1) is 0 Å². The van der Waals surface area contributed by atoms with Crippen molar-refractivity contribution in [1.29, 1.82) is 0 Å². The van der Waals surface area contributed by atoms with E-state index in [1.54, 1.807) is 38.1 Å². The molecule has 9 heteroatoms. The standard InChI is InChI=1S/C20H18O8.H2O/c1-11-3-7-13(8-4-11)19(25)27-15(17(21)22)16(18(23)24)28-20(26)14-9-5-12(2)6-10-14;/h3-10,15-16H,1-2H3,(H,21,22)(H,23,24);1H2. The second-order valence-corrected chi connectivity index (χ2v) is 6.06. The van der Waals surface area contributed by atoms with E-state index in [0.29, 0.717) is 0 Å². The van der Waals surface area contributed by atoms with Crippen molar-refractivity contribution in [3.05, 3.63) is 70.8 Å². The van der Waals surface area contributed by atoms with Crippen LogP contribution >= 0.6 is 0 Å². The first-order chi connectivity index (χ1) is 13.2. The number of carboxylic acids is 2. The van der Waals surface area contributed by atoms with Crippen LogP contribution in [0.25, 0.3) is 0 Å². The maximum Gasteiger partial charge on any atom is 0.349 e. The quantitative estimate of drug-likeness (QED) is 0.655. The Bertz CT molecular complexity index is 810. The molecular formula is C20H20O9. The van der Waals surface area contributed by atoms with Crippen LogP contribution in [0.15, 0.2) is 48.5 Å². The summed E-state index contributed by atoms with van der Waals surface area (Å²) in [5.41, 5.74) is 1.79. The van der Waals surface area contributed by atoms with Crippen LogP contribution in [0, 0.1) is 13.8 Å². The molecule has 0 fully saturated rings. The van der Waals surface area contributed by atoms with Gasteiger partial charge in [0.05, 0.1) is 11.1 Å². The molecule has 154 valence electrons. The largest absolute Gasteiger partial charge is 0.478 e. The normalized spacial score (nSPS) is 12.1. The summed E-state index contributed by atoms with van der Waals surface area (Å²) >= 11 is 0. The van der Waals surface area contributed by atoms with Crippen molar-refractivity contribution in [3.63, 3.8) is 0 Å². The van der Waals surface area contributed by atoms with Crippen molar-refractivity contribution in [1.82, 2.24) is 0 Å². The molecule has 0 spiro atoms. The van der Waals surface area contributed by atoms with Crippen LogP contribution in [0.2, 0.25) is 0 Å². The van der Waals surface area contributed by atoms with Crippen molar-refractivity contribution < 1.29 is 44.3 Å². The van der Waals surface area contributed by atoms with Crippen LogP contribution in [0.1, 0.15) is 31.8 Å². The molecule has 29 heavy (non-hydrogen) atoms. The molecule has 0 bridgehead atoms. The predicted molar refractivity (Wildman–Crippen MR) is 99.7 cm³/mol. The van der Waals surface area contributed by atoms with Gasteiger partial charge >= 0.3 is 23.9 Å². The Labute approximate surface area is 165 Å². The molecule has 4 N–H and O–H groups in total. The van der Waals surface area contributed by atoms with E-state index < -0.39 is 36.1 Å². The Morgan fingerprint density at radius 3 is 1.17 bits per heavy atom. The van der Waals surface area contributed by atoms with Gasteiger partial charge in [0.2, 0.25) is 12.2 Å². The third-order valence-electron chi connectivity index (χ3n) is 3.80. The summed E-state index contributed by atoms with van der Waals surface area (Å²) in [6.07, 6.45) is -4.44. The molecule has 2 aromatic rings. The number of aliphatic carboxylic acids is 2. The van der Waals surface area contributed by atoms with Crippen LogP contribution in [0.3, 0.4) is 0 Å². The van der Waals surface area contributed by atoms with E-state index in [9.17, 15) is 29.4 Å². The maximum atomic E-state index is 12.2. The fourth-order valence-electron chi connectivity index (χ4n) is 2.23. The Hall–Kier alpha value is -3.72. The average Bonchev–Trinajstić information content (AvgIpc) is 2.64. The number of benzene rings is 2. The fraction of sp³-hybridized carbons (Fsp3) is 0.200. The molecule has 9 nitrogen and oxygen atoms in total. The zero-order valence-corrected chi connectivity index (χ0v) is 15.6. The molecule has 0 aromatic heterocycles. The number of carboxylic acid groups (broad SMARTS) is 2. The molecule has 0 heterocycles. The maximum absolute atomic E-state index is 12.2. The highest BCUT2D eigenvalue weighted by Crippen LogP contribution is 2.14. The van der Waals surface area contributed by atoms with Crippen LogP contribution < -0.4 is 0 Å². The lowest BCUT2D eigenvalue weighted by molar-refractivity contribution is -0.166. The molecule has 0 saturated carbocycles. The summed E-state index contributed by atoms with van der Waals surface area (Å²) in [6, 6.07) is 12.1. The number of aryl methyl sites for hydroxylation is 2. The predicted octanol–water partition coefficient (Wildman–Crippen LogP) is 1.40. The smallest absolute Gasteiger partial charge is 0.349 e. The van der Waals surface area contributed by atoms with Crippen LogP contribution in [0.4, 0.5) is 0 Å². The van der Waals surface area contributed by atoms with Gasteiger partial charge in [0.1, 0.15) is 0 Å². The minimum Gasteiger partial charge on any atom is -0.478 e. The monoisotopic (exact) mass is 404 g/mol. The molecule has 0 aliphatic carbocycles. The van der Waals surface area contributed by atoms with Gasteiger partial charge in [-0.1, -0.05) is 35.4 Å². The van der Waals surface area contributed by atoms with E-state index in [-0.39, 0.29) is 16.6 Å². The second-order valence-electron chi connectivity index (χ2n) is 6.06. The van der Waals surface area contributed by atoms with E-state index in [1.165, 1.54) is 24.3 Å². The zero-order chi connectivity index (χ0) is 20.8. The Kier molecular flexibility index (Phi) is 8.04. The summed E-state index contributed by atoms with van der Waals surface area (Å²) in [4.78, 5) is 47.3. The third kappa shape index (κ3) is 6.15. The van der Waals surface area contributed by atoms with E-state index in [0.717, 1.165) is 11.1 Å². The highest BCUT2D eigenvalue weighted by atomic mass is 16.6. The van der Waals surface area contributed by atoms with E-state index in [1.807, 2.05) is 0 Å². The molecule has 0 saturated heterocycles. The molecule has 0 aliphatic heterocycles. The van der Waals surface area contributed by atoms with Crippen molar-refractivity contribution in [2.45, 2.75) is 26.1 Å². The Morgan fingerprint density at radius 1 is 0.655 bits per heavy atom. The highest BCUT2D eigenvalue weighted by Gasteiger charge is 2.41. The topological polar surface area (TPSA) is 159 Å². The SMILES string of the molecule is Cc1ccc(C(=O)OC(C(=O)O)C(OC(=O)c2ccc(C)cc2)C(=O)O)cc1.O. The number of carbonyl (C=O) groups excluding carboxylic acids is 2. The number of hydrogen-bond donors (Lipinski definition) is 2. The third-order valence-corrected chi connectivity index (χ3v) is 3.80. The lowest BCUT2D eigenvalue weighted by Gasteiger charge is -2.21. The fourth-order valence-corrected chi connectivity index (χ4v) is 2.23. The van der Waals surface area contributed by atoms with Gasteiger partial charge in [-0.25, -0.2) is 19.2 Å².